The van der Waals surface area contributed by atoms with Gasteiger partial charge >= 0.3 is 0 Å². The van der Waals surface area contributed by atoms with E-state index in [0.29, 0.717) is 47.1 Å². The summed E-state index contributed by atoms with van der Waals surface area (Å²) in [5.74, 6) is 1.50. The number of imidazole rings is 1. The summed E-state index contributed by atoms with van der Waals surface area (Å²) < 4.78 is 7.14. The van der Waals surface area contributed by atoms with Crippen molar-refractivity contribution in [3.8, 4) is 17.1 Å². The van der Waals surface area contributed by atoms with Crippen molar-refractivity contribution >= 4 is 34.7 Å². The van der Waals surface area contributed by atoms with Gasteiger partial charge in [0.05, 0.1) is 31.0 Å². The van der Waals surface area contributed by atoms with Gasteiger partial charge in [-0.1, -0.05) is 30.3 Å². The van der Waals surface area contributed by atoms with Crippen molar-refractivity contribution < 1.29 is 14.6 Å². The number of nitrogens with zero attached hydrogens (tertiary/aromatic N) is 5. The molecule has 35 heavy (non-hydrogen) atoms. The van der Waals surface area contributed by atoms with Gasteiger partial charge in [-0.15, -0.1) is 11.8 Å². The molecule has 0 saturated carbocycles. The zero-order chi connectivity index (χ0) is 24.4. The largest absolute Gasteiger partial charge is 0.495 e. The van der Waals surface area contributed by atoms with E-state index in [9.17, 15) is 9.90 Å². The minimum absolute atomic E-state index is 0.107. The summed E-state index contributed by atoms with van der Waals surface area (Å²) in [6.07, 6.45) is 4.56. The lowest BCUT2D eigenvalue weighted by atomic mass is 10.2. The number of hydrogen-bond acceptors (Lipinski definition) is 9. The molecule has 0 spiro atoms. The normalized spacial score (nSPS) is 19.6. The quantitative estimate of drug-likeness (QED) is 0.357. The summed E-state index contributed by atoms with van der Waals surface area (Å²) in [6, 6.07) is 11.8. The number of methoxy groups -OCH3 is 1. The monoisotopic (exact) mass is 491 g/mol. The molecule has 1 aliphatic heterocycles. The average molecular weight is 492 g/mol. The van der Waals surface area contributed by atoms with Crippen LogP contribution in [0.25, 0.3) is 22.6 Å². The highest BCUT2D eigenvalue weighted by Crippen LogP contribution is 2.43. The molecule has 180 valence electrons. The van der Waals surface area contributed by atoms with Crippen LogP contribution in [-0.2, 0) is 11.3 Å². The molecule has 1 saturated heterocycles. The van der Waals surface area contributed by atoms with Gasteiger partial charge in [-0.05, 0) is 18.1 Å². The summed E-state index contributed by atoms with van der Waals surface area (Å²) >= 11 is 1.40. The second-order valence-corrected chi connectivity index (χ2v) is 9.43. The first-order valence-electron chi connectivity index (χ1n) is 11.1. The number of pyridine rings is 1. The predicted octanol–water partition coefficient (Wildman–Crippen LogP) is 2.62. The summed E-state index contributed by atoms with van der Waals surface area (Å²) in [5.41, 5.74) is 2.92. The Morgan fingerprint density at radius 3 is 2.86 bits per heavy atom. The average Bonchev–Trinajstić information content (AvgIpc) is 3.50. The van der Waals surface area contributed by atoms with Crippen molar-refractivity contribution in [2.24, 2.45) is 0 Å². The lowest BCUT2D eigenvalue weighted by molar-refractivity contribution is -0.120. The van der Waals surface area contributed by atoms with E-state index in [1.54, 1.807) is 32.9 Å². The van der Waals surface area contributed by atoms with Gasteiger partial charge in [0.25, 0.3) is 0 Å². The fourth-order valence-electron chi connectivity index (χ4n) is 4.02. The third-order valence-corrected chi connectivity index (χ3v) is 7.39. The van der Waals surface area contributed by atoms with Crippen molar-refractivity contribution in [3.63, 3.8) is 0 Å². The van der Waals surface area contributed by atoms with E-state index in [1.165, 1.54) is 11.8 Å². The third kappa shape index (κ3) is 4.64. The van der Waals surface area contributed by atoms with E-state index < -0.39 is 11.5 Å². The van der Waals surface area contributed by atoms with Crippen molar-refractivity contribution in [2.45, 2.75) is 29.7 Å². The van der Waals surface area contributed by atoms with Gasteiger partial charge in [-0.3, -0.25) is 14.3 Å². The number of thioether (sulfide) groups is 1. The molecule has 1 amide bonds. The summed E-state index contributed by atoms with van der Waals surface area (Å²) in [6.45, 7) is 0.551. The zero-order valence-corrected chi connectivity index (χ0v) is 20.1. The molecule has 4 aromatic rings. The van der Waals surface area contributed by atoms with Crippen LogP contribution < -0.4 is 15.4 Å². The number of fused-ring (bicyclic) bond motifs is 1. The molecule has 5 rings (SSSR count). The molecular weight excluding hydrogens is 466 g/mol. The maximum absolute atomic E-state index is 12.2. The van der Waals surface area contributed by atoms with Gasteiger partial charge in [0.15, 0.2) is 22.8 Å². The summed E-state index contributed by atoms with van der Waals surface area (Å²) in [4.78, 5) is 30.5. The van der Waals surface area contributed by atoms with E-state index in [1.807, 2.05) is 41.0 Å². The number of aromatic nitrogens is 5. The maximum Gasteiger partial charge on any atom is 0.233 e. The van der Waals surface area contributed by atoms with Crippen molar-refractivity contribution in [1.82, 2.24) is 29.8 Å². The first-order valence-corrected chi connectivity index (χ1v) is 12.1. The minimum atomic E-state index is -0.725. The number of ether oxygens (including phenoxy) is 1. The Balaban J connectivity index is 1.57. The number of hydrogen-bond donors (Lipinski definition) is 3. The van der Waals surface area contributed by atoms with Gasteiger partial charge < -0.3 is 20.5 Å². The Kier molecular flexibility index (Phi) is 6.51. The number of amides is 1. The Morgan fingerprint density at radius 2 is 2.09 bits per heavy atom. The van der Waals surface area contributed by atoms with Crippen LogP contribution in [0.4, 0.5) is 5.82 Å². The minimum Gasteiger partial charge on any atom is -0.495 e. The molecule has 11 heteroatoms. The van der Waals surface area contributed by atoms with Gasteiger partial charge in [0.1, 0.15) is 11.1 Å². The Labute approximate surface area is 206 Å². The van der Waals surface area contributed by atoms with Crippen molar-refractivity contribution in [2.75, 3.05) is 19.5 Å². The third-order valence-electron chi connectivity index (χ3n) is 5.83. The van der Waals surface area contributed by atoms with E-state index >= 15 is 0 Å². The van der Waals surface area contributed by atoms with Gasteiger partial charge in [-0.25, -0.2) is 15.0 Å². The SMILES string of the molecule is CNC(=O)[C@@H]1C[C@@H](O)[C@H](n2cnc3c(NCc4ccccc4)nc(-c4cncc(OC)c4)nc32)S1. The highest BCUT2D eigenvalue weighted by molar-refractivity contribution is 8.01. The number of aliphatic hydroxyl groups excluding tert-OH is 1. The molecule has 0 aliphatic carbocycles. The molecule has 1 aliphatic rings. The molecule has 0 unspecified atom stereocenters. The van der Waals surface area contributed by atoms with Crippen molar-refractivity contribution in [3.05, 3.63) is 60.7 Å². The summed E-state index contributed by atoms with van der Waals surface area (Å²) in [5, 5.41) is 16.1. The van der Waals surface area contributed by atoms with Crippen LogP contribution in [0.2, 0.25) is 0 Å². The van der Waals surface area contributed by atoms with E-state index in [2.05, 4.69) is 20.6 Å². The molecule has 3 atom stereocenters. The maximum atomic E-state index is 12.2. The second kappa shape index (κ2) is 9.88. The fraction of sp³-hybridized carbons (Fsp3) is 0.292. The van der Waals surface area contributed by atoms with Crippen LogP contribution in [0.1, 0.15) is 17.4 Å². The molecule has 3 aromatic heterocycles. The highest BCUT2D eigenvalue weighted by atomic mass is 32.2. The molecule has 0 bridgehead atoms. The highest BCUT2D eigenvalue weighted by Gasteiger charge is 2.39. The van der Waals surface area contributed by atoms with E-state index in [0.717, 1.165) is 5.56 Å². The first-order chi connectivity index (χ1) is 17.1. The van der Waals surface area contributed by atoms with Crippen LogP contribution in [0.5, 0.6) is 5.75 Å². The Hall–Kier alpha value is -3.70. The number of anilines is 1. The summed E-state index contributed by atoms with van der Waals surface area (Å²) in [7, 11) is 3.18. The van der Waals surface area contributed by atoms with E-state index in [-0.39, 0.29) is 11.2 Å². The predicted molar refractivity (Wildman–Crippen MR) is 134 cm³/mol. The van der Waals surface area contributed by atoms with Crippen LogP contribution in [-0.4, -0.2) is 61.0 Å². The molecule has 4 heterocycles. The molecule has 3 N–H and O–H groups in total. The van der Waals surface area contributed by atoms with E-state index in [4.69, 9.17) is 14.7 Å². The van der Waals surface area contributed by atoms with Gasteiger partial charge in [0, 0.05) is 25.4 Å². The van der Waals surface area contributed by atoms with Crippen LogP contribution in [0.15, 0.2) is 55.1 Å². The fourth-order valence-corrected chi connectivity index (χ4v) is 5.48. The number of carbonyl (C=O) groups excluding carboxylic acids is 1. The van der Waals surface area contributed by atoms with Gasteiger partial charge in [0.2, 0.25) is 5.91 Å². The number of rotatable bonds is 7. The molecular formula is C24H25N7O3S. The standard InChI is InChI=1S/C24H25N7O3S/c1-25-23(33)18-9-17(32)24(35-18)31-13-28-19-21(27-10-14-6-4-3-5-7-14)29-20(30-22(19)31)15-8-16(34-2)12-26-11-15/h3-8,11-13,17-18,24,32H,9-10H2,1-2H3,(H,25,33)(H,27,29,30)/t17-,18+,24-/m1/s1. The van der Waals surface area contributed by atoms with Crippen LogP contribution in [0.3, 0.4) is 0 Å². The van der Waals surface area contributed by atoms with Crippen molar-refractivity contribution in [1.29, 1.82) is 0 Å². The lowest BCUT2D eigenvalue weighted by Gasteiger charge is -2.16. The molecule has 10 nitrogen and oxygen atoms in total. The molecule has 1 fully saturated rings. The molecule has 0 radical (unpaired) electrons. The van der Waals surface area contributed by atoms with Crippen LogP contribution >= 0.6 is 11.8 Å². The first kappa shape index (κ1) is 23.1. The zero-order valence-electron chi connectivity index (χ0n) is 19.3. The topological polar surface area (TPSA) is 127 Å². The molecule has 1 aromatic carbocycles. The Morgan fingerprint density at radius 1 is 1.26 bits per heavy atom. The Bertz CT molecular complexity index is 1350. The number of benzene rings is 1. The second-order valence-electron chi connectivity index (χ2n) is 8.11. The number of aliphatic hydroxyl groups is 1. The van der Waals surface area contributed by atoms with Gasteiger partial charge in [-0.2, -0.15) is 0 Å². The smallest absolute Gasteiger partial charge is 0.233 e. The number of carbonyl (C=O) groups is 1. The van der Waals surface area contributed by atoms with Crippen LogP contribution in [0, 0.1) is 0 Å². The lowest BCUT2D eigenvalue weighted by Crippen LogP contribution is -2.28. The number of nitrogens with one attached hydrogen (secondary N) is 2.